The molecule has 0 spiro atoms. The SMILES string of the molecule is CC1CCC(CCNC(=O)CBr)CC1. The molecule has 0 aromatic rings. The van der Waals surface area contributed by atoms with E-state index >= 15 is 0 Å². The average molecular weight is 262 g/mol. The maximum atomic E-state index is 10.9. The molecule has 3 heteroatoms. The molecule has 82 valence electrons. The van der Waals surface area contributed by atoms with Crippen molar-refractivity contribution < 1.29 is 4.79 Å². The lowest BCUT2D eigenvalue weighted by Crippen LogP contribution is -2.27. The van der Waals surface area contributed by atoms with Gasteiger partial charge in [-0.05, 0) is 18.3 Å². The third-order valence-electron chi connectivity index (χ3n) is 3.13. The fourth-order valence-electron chi connectivity index (χ4n) is 2.08. The number of nitrogens with one attached hydrogen (secondary N) is 1. The van der Waals surface area contributed by atoms with E-state index in [1.807, 2.05) is 0 Å². The Hall–Kier alpha value is -0.0500. The molecule has 14 heavy (non-hydrogen) atoms. The van der Waals surface area contributed by atoms with E-state index in [4.69, 9.17) is 0 Å². The summed E-state index contributed by atoms with van der Waals surface area (Å²) in [6.45, 7) is 3.19. The summed E-state index contributed by atoms with van der Waals surface area (Å²) in [5.41, 5.74) is 0. The summed E-state index contributed by atoms with van der Waals surface area (Å²) >= 11 is 3.14. The molecule has 1 fully saturated rings. The molecule has 0 radical (unpaired) electrons. The van der Waals surface area contributed by atoms with Crippen LogP contribution in [0.15, 0.2) is 0 Å². The van der Waals surface area contributed by atoms with E-state index in [2.05, 4.69) is 28.2 Å². The van der Waals surface area contributed by atoms with Crippen LogP contribution in [-0.2, 0) is 4.79 Å². The summed E-state index contributed by atoms with van der Waals surface area (Å²) in [6.07, 6.45) is 6.61. The smallest absolute Gasteiger partial charge is 0.230 e. The fourth-order valence-corrected chi connectivity index (χ4v) is 2.28. The quantitative estimate of drug-likeness (QED) is 0.775. The average Bonchev–Trinajstić information content (AvgIpc) is 2.21. The molecule has 0 atom stereocenters. The monoisotopic (exact) mass is 261 g/mol. The largest absolute Gasteiger partial charge is 0.355 e. The van der Waals surface area contributed by atoms with Crippen molar-refractivity contribution in [1.82, 2.24) is 5.32 Å². The van der Waals surface area contributed by atoms with E-state index in [-0.39, 0.29) is 5.91 Å². The van der Waals surface area contributed by atoms with Crippen LogP contribution in [0.1, 0.15) is 39.0 Å². The molecular weight excluding hydrogens is 242 g/mol. The molecular formula is C11H20BrNO. The predicted molar refractivity (Wildman–Crippen MR) is 62.5 cm³/mol. The lowest BCUT2D eigenvalue weighted by molar-refractivity contribution is -0.118. The highest BCUT2D eigenvalue weighted by atomic mass is 79.9. The van der Waals surface area contributed by atoms with Gasteiger partial charge in [-0.1, -0.05) is 48.5 Å². The van der Waals surface area contributed by atoms with Gasteiger partial charge in [-0.2, -0.15) is 0 Å². The summed E-state index contributed by atoms with van der Waals surface area (Å²) in [4.78, 5) is 10.9. The van der Waals surface area contributed by atoms with Gasteiger partial charge in [0.05, 0.1) is 5.33 Å². The first kappa shape index (κ1) is 12.0. The highest BCUT2D eigenvalue weighted by Crippen LogP contribution is 2.29. The lowest BCUT2D eigenvalue weighted by Gasteiger charge is -2.26. The molecule has 1 saturated carbocycles. The van der Waals surface area contributed by atoms with E-state index in [1.54, 1.807) is 0 Å². The van der Waals surface area contributed by atoms with Gasteiger partial charge < -0.3 is 5.32 Å². The van der Waals surface area contributed by atoms with Crippen LogP contribution in [0, 0.1) is 11.8 Å². The Morgan fingerprint density at radius 3 is 2.57 bits per heavy atom. The Morgan fingerprint density at radius 1 is 1.36 bits per heavy atom. The van der Waals surface area contributed by atoms with Crippen molar-refractivity contribution in [2.45, 2.75) is 39.0 Å². The number of alkyl halides is 1. The molecule has 0 aromatic carbocycles. The van der Waals surface area contributed by atoms with Crippen LogP contribution in [0.2, 0.25) is 0 Å². The van der Waals surface area contributed by atoms with Gasteiger partial charge in [0.2, 0.25) is 5.91 Å². The number of amides is 1. The molecule has 2 nitrogen and oxygen atoms in total. The summed E-state index contributed by atoms with van der Waals surface area (Å²) in [5, 5.41) is 3.33. The maximum absolute atomic E-state index is 10.9. The number of hydrogen-bond acceptors (Lipinski definition) is 1. The number of halogens is 1. The normalized spacial score (nSPS) is 27.3. The predicted octanol–water partition coefficient (Wildman–Crippen LogP) is 2.71. The van der Waals surface area contributed by atoms with Crippen molar-refractivity contribution >= 4 is 21.8 Å². The standard InChI is InChI=1S/C11H20BrNO/c1-9-2-4-10(5-3-9)6-7-13-11(14)8-12/h9-10H,2-8H2,1H3,(H,13,14). The van der Waals surface area contributed by atoms with Crippen LogP contribution in [0.3, 0.4) is 0 Å². The molecule has 1 aliphatic carbocycles. The van der Waals surface area contributed by atoms with Crippen LogP contribution >= 0.6 is 15.9 Å². The van der Waals surface area contributed by atoms with Gasteiger partial charge in [0.1, 0.15) is 0 Å². The van der Waals surface area contributed by atoms with E-state index in [0.29, 0.717) is 5.33 Å². The van der Waals surface area contributed by atoms with Crippen molar-refractivity contribution in [3.05, 3.63) is 0 Å². The highest BCUT2D eigenvalue weighted by Gasteiger charge is 2.17. The molecule has 0 aliphatic heterocycles. The van der Waals surface area contributed by atoms with Crippen molar-refractivity contribution in [1.29, 1.82) is 0 Å². The van der Waals surface area contributed by atoms with Crippen molar-refractivity contribution in [2.75, 3.05) is 11.9 Å². The minimum Gasteiger partial charge on any atom is -0.355 e. The van der Waals surface area contributed by atoms with Gasteiger partial charge >= 0.3 is 0 Å². The summed E-state index contributed by atoms with van der Waals surface area (Å²) < 4.78 is 0. The van der Waals surface area contributed by atoms with E-state index in [1.165, 1.54) is 25.7 Å². The molecule has 1 amide bonds. The first-order valence-corrected chi connectivity index (χ1v) is 6.67. The summed E-state index contributed by atoms with van der Waals surface area (Å²) in [6, 6.07) is 0. The van der Waals surface area contributed by atoms with Crippen LogP contribution in [-0.4, -0.2) is 17.8 Å². The Bertz CT molecular complexity index is 176. The van der Waals surface area contributed by atoms with Gasteiger partial charge in [-0.15, -0.1) is 0 Å². The zero-order valence-electron chi connectivity index (χ0n) is 8.89. The lowest BCUT2D eigenvalue weighted by atomic mass is 9.81. The van der Waals surface area contributed by atoms with E-state index < -0.39 is 0 Å². The number of carbonyl (C=O) groups excluding carboxylic acids is 1. The van der Waals surface area contributed by atoms with Crippen molar-refractivity contribution in [3.8, 4) is 0 Å². The number of hydrogen-bond donors (Lipinski definition) is 1. The minimum absolute atomic E-state index is 0.106. The number of carbonyl (C=O) groups is 1. The van der Waals surface area contributed by atoms with Crippen molar-refractivity contribution in [3.63, 3.8) is 0 Å². The first-order valence-electron chi connectivity index (χ1n) is 5.55. The topological polar surface area (TPSA) is 29.1 Å². The molecule has 0 aromatic heterocycles. The Morgan fingerprint density at radius 2 is 2.00 bits per heavy atom. The first-order chi connectivity index (χ1) is 6.72. The molecule has 1 N–H and O–H groups in total. The minimum atomic E-state index is 0.106. The highest BCUT2D eigenvalue weighted by molar-refractivity contribution is 9.09. The third kappa shape index (κ3) is 4.45. The van der Waals surface area contributed by atoms with Crippen LogP contribution in [0.4, 0.5) is 0 Å². The second kappa shape index (κ2) is 6.44. The molecule has 0 heterocycles. The third-order valence-corrected chi connectivity index (χ3v) is 3.64. The number of rotatable bonds is 4. The summed E-state index contributed by atoms with van der Waals surface area (Å²) in [5.74, 6) is 1.87. The van der Waals surface area contributed by atoms with Crippen LogP contribution in [0.25, 0.3) is 0 Å². The van der Waals surface area contributed by atoms with Gasteiger partial charge in [0, 0.05) is 6.54 Å². The van der Waals surface area contributed by atoms with Crippen LogP contribution in [0.5, 0.6) is 0 Å². The van der Waals surface area contributed by atoms with E-state index in [0.717, 1.165) is 24.8 Å². The van der Waals surface area contributed by atoms with E-state index in [9.17, 15) is 4.79 Å². The summed E-state index contributed by atoms with van der Waals surface area (Å²) in [7, 11) is 0. The van der Waals surface area contributed by atoms with Gasteiger partial charge in [0.25, 0.3) is 0 Å². The van der Waals surface area contributed by atoms with Crippen LogP contribution < -0.4 is 5.32 Å². The maximum Gasteiger partial charge on any atom is 0.230 e. The van der Waals surface area contributed by atoms with Gasteiger partial charge in [-0.3, -0.25) is 4.79 Å². The Kier molecular flexibility index (Phi) is 5.53. The fraction of sp³-hybridized carbons (Fsp3) is 0.909. The molecule has 1 rings (SSSR count). The molecule has 0 saturated heterocycles. The second-order valence-corrected chi connectivity index (χ2v) is 4.96. The molecule has 0 unspecified atom stereocenters. The van der Waals surface area contributed by atoms with Crippen molar-refractivity contribution in [2.24, 2.45) is 11.8 Å². The Balaban J connectivity index is 2.04. The zero-order chi connectivity index (χ0) is 10.4. The Labute approximate surface area is 95.0 Å². The zero-order valence-corrected chi connectivity index (χ0v) is 10.5. The molecule has 0 bridgehead atoms. The second-order valence-electron chi connectivity index (χ2n) is 4.40. The van der Waals surface area contributed by atoms with Gasteiger partial charge in [0.15, 0.2) is 0 Å². The molecule has 1 aliphatic rings. The van der Waals surface area contributed by atoms with Gasteiger partial charge in [-0.25, -0.2) is 0 Å².